The van der Waals surface area contributed by atoms with Crippen LogP contribution in [0.5, 0.6) is 5.75 Å². The fourth-order valence-corrected chi connectivity index (χ4v) is 3.69. The summed E-state index contributed by atoms with van der Waals surface area (Å²) in [5.41, 5.74) is 1.68. The van der Waals surface area contributed by atoms with Gasteiger partial charge in [0, 0.05) is 18.4 Å². The molecule has 148 valence electrons. The van der Waals surface area contributed by atoms with E-state index in [1.54, 1.807) is 7.11 Å². The molecule has 3 aromatic rings. The summed E-state index contributed by atoms with van der Waals surface area (Å²) in [6.07, 6.45) is 0.591. The van der Waals surface area contributed by atoms with Gasteiger partial charge in [0.1, 0.15) is 17.6 Å². The van der Waals surface area contributed by atoms with Crippen LogP contribution in [0.15, 0.2) is 48.5 Å². The SMILES string of the molecule is COc1cccc(CNC(=O)CCC2Nc3c4ccccc4nc(=S)n3C2=O)c1. The van der Waals surface area contributed by atoms with Gasteiger partial charge >= 0.3 is 0 Å². The van der Waals surface area contributed by atoms with Crippen LogP contribution in [-0.4, -0.2) is 34.5 Å². The summed E-state index contributed by atoms with van der Waals surface area (Å²) >= 11 is 5.29. The lowest BCUT2D eigenvalue weighted by Crippen LogP contribution is -2.29. The van der Waals surface area contributed by atoms with Crippen molar-refractivity contribution in [2.45, 2.75) is 25.4 Å². The minimum Gasteiger partial charge on any atom is -0.497 e. The van der Waals surface area contributed by atoms with Gasteiger partial charge in [-0.05, 0) is 48.5 Å². The molecule has 2 N–H and O–H groups in total. The van der Waals surface area contributed by atoms with Crippen molar-refractivity contribution >= 4 is 40.8 Å². The molecule has 8 heteroatoms. The summed E-state index contributed by atoms with van der Waals surface area (Å²) in [6, 6.07) is 14.5. The monoisotopic (exact) mass is 408 g/mol. The first-order chi connectivity index (χ1) is 14.1. The summed E-state index contributed by atoms with van der Waals surface area (Å²) in [7, 11) is 1.60. The Kier molecular flexibility index (Phi) is 5.26. The second-order valence-corrected chi connectivity index (χ2v) is 7.16. The number of hydrogen-bond donors (Lipinski definition) is 2. The topological polar surface area (TPSA) is 85.2 Å². The van der Waals surface area contributed by atoms with E-state index in [-0.39, 0.29) is 23.0 Å². The maximum absolute atomic E-state index is 12.8. The lowest BCUT2D eigenvalue weighted by Gasteiger charge is -2.10. The molecule has 29 heavy (non-hydrogen) atoms. The molecule has 1 aliphatic rings. The Balaban J connectivity index is 1.39. The number of fused-ring (bicyclic) bond motifs is 3. The van der Waals surface area contributed by atoms with E-state index < -0.39 is 6.04 Å². The maximum atomic E-state index is 12.8. The maximum Gasteiger partial charge on any atom is 0.257 e. The fraction of sp³-hybridized carbons (Fsp3) is 0.238. The van der Waals surface area contributed by atoms with Crippen LogP contribution >= 0.6 is 12.2 Å². The van der Waals surface area contributed by atoms with Crippen molar-refractivity contribution in [3.05, 3.63) is 58.9 Å². The summed E-state index contributed by atoms with van der Waals surface area (Å²) in [6.45, 7) is 0.405. The average molecular weight is 408 g/mol. The standard InChI is InChI=1S/C21H20N4O3S/c1-28-14-6-4-5-13(11-14)12-22-18(26)10-9-17-20(27)25-19(23-17)15-7-2-3-8-16(15)24-21(25)29/h2-8,11,17,23H,9-10,12H2,1H3,(H,22,26). The van der Waals surface area contributed by atoms with Crippen molar-refractivity contribution in [2.75, 3.05) is 12.4 Å². The summed E-state index contributed by atoms with van der Waals surface area (Å²) < 4.78 is 6.84. The van der Waals surface area contributed by atoms with Crippen molar-refractivity contribution < 1.29 is 14.3 Å². The van der Waals surface area contributed by atoms with Crippen molar-refractivity contribution in [1.29, 1.82) is 0 Å². The molecule has 0 saturated carbocycles. The van der Waals surface area contributed by atoms with Gasteiger partial charge in [-0.25, -0.2) is 9.55 Å². The van der Waals surface area contributed by atoms with E-state index >= 15 is 0 Å². The normalized spacial score (nSPS) is 15.1. The number of hydrogen-bond acceptors (Lipinski definition) is 6. The summed E-state index contributed by atoms with van der Waals surface area (Å²) in [4.78, 5) is 29.4. The van der Waals surface area contributed by atoms with Crippen LogP contribution in [-0.2, 0) is 11.3 Å². The van der Waals surface area contributed by atoms with E-state index in [1.807, 2.05) is 48.5 Å². The van der Waals surface area contributed by atoms with Gasteiger partial charge in [-0.2, -0.15) is 0 Å². The highest BCUT2D eigenvalue weighted by Crippen LogP contribution is 2.29. The predicted molar refractivity (Wildman–Crippen MR) is 113 cm³/mol. The van der Waals surface area contributed by atoms with E-state index in [2.05, 4.69) is 15.6 Å². The molecule has 7 nitrogen and oxygen atoms in total. The zero-order valence-electron chi connectivity index (χ0n) is 15.8. The second kappa shape index (κ2) is 8.00. The average Bonchev–Trinajstić information content (AvgIpc) is 3.08. The van der Waals surface area contributed by atoms with Crippen molar-refractivity contribution in [1.82, 2.24) is 14.9 Å². The third kappa shape index (κ3) is 3.84. The number of aromatic nitrogens is 2. The quantitative estimate of drug-likeness (QED) is 0.609. The molecule has 0 saturated heterocycles. The minimum absolute atomic E-state index is 0.120. The van der Waals surface area contributed by atoms with Gasteiger partial charge in [0.25, 0.3) is 5.91 Å². The number of benzene rings is 2. The highest BCUT2D eigenvalue weighted by atomic mass is 32.1. The first kappa shape index (κ1) is 19.1. The highest BCUT2D eigenvalue weighted by Gasteiger charge is 2.31. The van der Waals surface area contributed by atoms with Crippen LogP contribution in [0.25, 0.3) is 10.9 Å². The number of rotatable bonds is 6. The lowest BCUT2D eigenvalue weighted by molar-refractivity contribution is -0.121. The van der Waals surface area contributed by atoms with Crippen LogP contribution < -0.4 is 15.4 Å². The van der Waals surface area contributed by atoms with Gasteiger partial charge in [0.15, 0.2) is 0 Å². The summed E-state index contributed by atoms with van der Waals surface area (Å²) in [5.74, 6) is 1.09. The molecule has 2 aromatic carbocycles. The molecule has 0 fully saturated rings. The van der Waals surface area contributed by atoms with Crippen LogP contribution in [0.1, 0.15) is 23.2 Å². The van der Waals surface area contributed by atoms with E-state index in [1.165, 1.54) is 4.57 Å². The summed E-state index contributed by atoms with van der Waals surface area (Å²) in [5, 5.41) is 6.93. The number of carbonyl (C=O) groups excluding carboxylic acids is 2. The number of ether oxygens (including phenoxy) is 1. The second-order valence-electron chi connectivity index (χ2n) is 6.80. The number of methoxy groups -OCH3 is 1. The van der Waals surface area contributed by atoms with Crippen LogP contribution in [0, 0.1) is 4.77 Å². The van der Waals surface area contributed by atoms with E-state index in [0.717, 1.165) is 22.2 Å². The van der Waals surface area contributed by atoms with Crippen molar-refractivity contribution in [2.24, 2.45) is 0 Å². The van der Waals surface area contributed by atoms with Gasteiger partial charge in [-0.1, -0.05) is 24.3 Å². The first-order valence-electron chi connectivity index (χ1n) is 9.29. The lowest BCUT2D eigenvalue weighted by atomic mass is 10.1. The van der Waals surface area contributed by atoms with Crippen molar-refractivity contribution in [3.63, 3.8) is 0 Å². The smallest absolute Gasteiger partial charge is 0.257 e. The number of amides is 1. The Morgan fingerprint density at radius 2 is 2.10 bits per heavy atom. The fourth-order valence-electron chi connectivity index (χ4n) is 3.41. The molecule has 0 radical (unpaired) electrons. The van der Waals surface area contributed by atoms with E-state index in [0.29, 0.717) is 18.8 Å². The first-order valence-corrected chi connectivity index (χ1v) is 9.70. The molecule has 0 spiro atoms. The third-order valence-electron chi connectivity index (χ3n) is 4.90. The van der Waals surface area contributed by atoms with Crippen LogP contribution in [0.2, 0.25) is 0 Å². The number of carbonyl (C=O) groups is 2. The van der Waals surface area contributed by atoms with E-state index in [4.69, 9.17) is 17.0 Å². The Morgan fingerprint density at radius 1 is 1.28 bits per heavy atom. The Morgan fingerprint density at radius 3 is 2.93 bits per heavy atom. The van der Waals surface area contributed by atoms with Gasteiger partial charge in [0.2, 0.25) is 10.7 Å². The van der Waals surface area contributed by atoms with Gasteiger partial charge < -0.3 is 15.4 Å². The Labute approximate surface area is 172 Å². The molecule has 1 aliphatic heterocycles. The molecular formula is C21H20N4O3S. The van der Waals surface area contributed by atoms with E-state index in [9.17, 15) is 9.59 Å². The molecule has 1 atom stereocenters. The van der Waals surface area contributed by atoms with Gasteiger partial charge in [0.05, 0.1) is 12.6 Å². The zero-order chi connectivity index (χ0) is 20.4. The molecule has 1 aromatic heterocycles. The number of para-hydroxylation sites is 1. The van der Waals surface area contributed by atoms with Crippen LogP contribution in [0.4, 0.5) is 5.82 Å². The molecule has 2 heterocycles. The molecule has 1 amide bonds. The van der Waals surface area contributed by atoms with Crippen LogP contribution in [0.3, 0.4) is 0 Å². The zero-order valence-corrected chi connectivity index (χ0v) is 16.7. The third-order valence-corrected chi connectivity index (χ3v) is 5.18. The number of nitrogens with zero attached hydrogens (tertiary/aromatic N) is 2. The molecule has 0 aliphatic carbocycles. The van der Waals surface area contributed by atoms with Gasteiger partial charge in [-0.3, -0.25) is 9.59 Å². The molecule has 0 bridgehead atoms. The largest absolute Gasteiger partial charge is 0.497 e. The van der Waals surface area contributed by atoms with Gasteiger partial charge in [-0.15, -0.1) is 0 Å². The van der Waals surface area contributed by atoms with Crippen molar-refractivity contribution in [3.8, 4) is 5.75 Å². The highest BCUT2D eigenvalue weighted by molar-refractivity contribution is 7.71. The Hall–Kier alpha value is -3.26. The number of anilines is 1. The molecule has 1 unspecified atom stereocenters. The minimum atomic E-state index is -0.508. The predicted octanol–water partition coefficient (Wildman–Crippen LogP) is 3.31. The molecular weight excluding hydrogens is 388 g/mol. The Bertz CT molecular complexity index is 1160. The number of nitrogens with one attached hydrogen (secondary N) is 2. The molecule has 4 rings (SSSR count).